The lowest BCUT2D eigenvalue weighted by atomic mass is 10.0. The molecule has 1 aromatic rings. The van der Waals surface area contributed by atoms with E-state index in [0.717, 1.165) is 0 Å². The second-order valence-electron chi connectivity index (χ2n) is 4.97. The van der Waals surface area contributed by atoms with Gasteiger partial charge in [-0.1, -0.05) is 13.8 Å². The molecule has 6 nitrogen and oxygen atoms in total. The average molecular weight is 294 g/mol. The normalized spacial score (nSPS) is 12.6. The summed E-state index contributed by atoms with van der Waals surface area (Å²) in [6.07, 6.45) is 3.63. The van der Waals surface area contributed by atoms with E-state index in [4.69, 9.17) is 9.47 Å². The SMILES string of the molecule is CCO/C=C/c1ccc(=O)n(C(CC(C)C)C(=O)OC)n1. The largest absolute Gasteiger partial charge is 0.501 e. The third kappa shape index (κ3) is 5.06. The van der Waals surface area contributed by atoms with E-state index in [1.807, 2.05) is 20.8 Å². The smallest absolute Gasteiger partial charge is 0.330 e. The van der Waals surface area contributed by atoms with Gasteiger partial charge in [0.1, 0.15) is 0 Å². The van der Waals surface area contributed by atoms with Crippen molar-refractivity contribution in [3.05, 3.63) is 34.4 Å². The number of rotatable bonds is 7. The number of carbonyl (C=O) groups excluding carboxylic acids is 1. The summed E-state index contributed by atoms with van der Waals surface area (Å²) in [6, 6.07) is 2.25. The lowest BCUT2D eigenvalue weighted by Gasteiger charge is -2.18. The molecule has 0 aliphatic carbocycles. The zero-order chi connectivity index (χ0) is 15.8. The maximum atomic E-state index is 12.0. The second-order valence-corrected chi connectivity index (χ2v) is 4.97. The van der Waals surface area contributed by atoms with Crippen LogP contribution >= 0.6 is 0 Å². The quantitative estimate of drug-likeness (QED) is 0.568. The van der Waals surface area contributed by atoms with Crippen LogP contribution in [0.3, 0.4) is 0 Å². The fourth-order valence-corrected chi connectivity index (χ4v) is 1.84. The molecule has 6 heteroatoms. The Morgan fingerprint density at radius 1 is 1.43 bits per heavy atom. The van der Waals surface area contributed by atoms with Gasteiger partial charge >= 0.3 is 5.97 Å². The van der Waals surface area contributed by atoms with Crippen molar-refractivity contribution >= 4 is 12.0 Å². The van der Waals surface area contributed by atoms with Crippen molar-refractivity contribution in [2.75, 3.05) is 13.7 Å². The molecule has 1 aromatic heterocycles. The summed E-state index contributed by atoms with van der Waals surface area (Å²) in [4.78, 5) is 23.9. The molecule has 0 saturated carbocycles. The van der Waals surface area contributed by atoms with Gasteiger partial charge in [-0.15, -0.1) is 0 Å². The van der Waals surface area contributed by atoms with E-state index < -0.39 is 12.0 Å². The van der Waals surface area contributed by atoms with Crippen LogP contribution in [0.15, 0.2) is 23.2 Å². The Balaban J connectivity index is 3.14. The molecule has 116 valence electrons. The summed E-state index contributed by atoms with van der Waals surface area (Å²) in [5, 5.41) is 4.20. The summed E-state index contributed by atoms with van der Waals surface area (Å²) in [5.41, 5.74) is 0.209. The zero-order valence-corrected chi connectivity index (χ0v) is 12.9. The molecular formula is C15H22N2O4. The molecule has 1 unspecified atom stereocenters. The number of ether oxygens (including phenoxy) is 2. The van der Waals surface area contributed by atoms with Gasteiger partial charge in [-0.2, -0.15) is 5.10 Å². The van der Waals surface area contributed by atoms with Crippen LogP contribution in [0.25, 0.3) is 6.08 Å². The van der Waals surface area contributed by atoms with E-state index in [1.165, 1.54) is 24.1 Å². The third-order valence-electron chi connectivity index (χ3n) is 2.81. The number of nitrogens with zero attached hydrogens (tertiary/aromatic N) is 2. The highest BCUT2D eigenvalue weighted by Crippen LogP contribution is 2.16. The van der Waals surface area contributed by atoms with E-state index in [0.29, 0.717) is 18.7 Å². The van der Waals surface area contributed by atoms with Crippen molar-refractivity contribution in [1.82, 2.24) is 9.78 Å². The molecule has 1 atom stereocenters. The van der Waals surface area contributed by atoms with Gasteiger partial charge in [0.2, 0.25) is 0 Å². The number of methoxy groups -OCH3 is 1. The Morgan fingerprint density at radius 2 is 2.14 bits per heavy atom. The van der Waals surface area contributed by atoms with Crippen LogP contribution in [-0.2, 0) is 14.3 Å². The first-order valence-electron chi connectivity index (χ1n) is 6.95. The Labute approximate surface area is 124 Å². The summed E-state index contributed by atoms with van der Waals surface area (Å²) >= 11 is 0. The lowest BCUT2D eigenvalue weighted by molar-refractivity contribution is -0.145. The Kier molecular flexibility index (Phi) is 6.65. The minimum atomic E-state index is -0.719. The maximum absolute atomic E-state index is 12.0. The van der Waals surface area contributed by atoms with Crippen molar-refractivity contribution in [3.8, 4) is 0 Å². The number of hydrogen-bond acceptors (Lipinski definition) is 5. The molecule has 0 bridgehead atoms. The van der Waals surface area contributed by atoms with E-state index in [9.17, 15) is 9.59 Å². The van der Waals surface area contributed by atoms with E-state index in [2.05, 4.69) is 5.10 Å². The Hall–Kier alpha value is -2.11. The van der Waals surface area contributed by atoms with Crippen molar-refractivity contribution in [2.24, 2.45) is 5.92 Å². The van der Waals surface area contributed by atoms with Crippen LogP contribution in [0.1, 0.15) is 38.9 Å². The lowest BCUT2D eigenvalue weighted by Crippen LogP contribution is -2.33. The Bertz CT molecular complexity index is 549. The highest BCUT2D eigenvalue weighted by atomic mass is 16.5. The molecule has 0 radical (unpaired) electrons. The van der Waals surface area contributed by atoms with Gasteiger partial charge in [-0.05, 0) is 25.3 Å². The number of hydrogen-bond donors (Lipinski definition) is 0. The standard InChI is InChI=1S/C15H22N2O4/c1-5-21-9-8-12-6-7-14(18)17(16-12)13(10-11(2)3)15(19)20-4/h6-9,11,13H,5,10H2,1-4H3/b9-8+. The number of aromatic nitrogens is 2. The van der Waals surface area contributed by atoms with Gasteiger partial charge in [-0.3, -0.25) is 4.79 Å². The minimum absolute atomic E-state index is 0.227. The van der Waals surface area contributed by atoms with Crippen LogP contribution in [0.4, 0.5) is 0 Å². The van der Waals surface area contributed by atoms with Crippen molar-refractivity contribution in [3.63, 3.8) is 0 Å². The average Bonchev–Trinajstić information content (AvgIpc) is 2.46. The molecule has 0 saturated heterocycles. The summed E-state index contributed by atoms with van der Waals surface area (Å²) < 4.78 is 11.1. The van der Waals surface area contributed by atoms with Crippen LogP contribution in [-0.4, -0.2) is 29.5 Å². The van der Waals surface area contributed by atoms with E-state index in [1.54, 1.807) is 12.1 Å². The predicted molar refractivity (Wildman–Crippen MR) is 79.7 cm³/mol. The monoisotopic (exact) mass is 294 g/mol. The molecule has 0 fully saturated rings. The highest BCUT2D eigenvalue weighted by Gasteiger charge is 2.24. The van der Waals surface area contributed by atoms with Gasteiger partial charge < -0.3 is 9.47 Å². The molecule has 1 heterocycles. The molecule has 0 N–H and O–H groups in total. The molecule has 0 spiro atoms. The zero-order valence-electron chi connectivity index (χ0n) is 12.9. The second kappa shape index (κ2) is 8.24. The van der Waals surface area contributed by atoms with Crippen LogP contribution in [0, 0.1) is 5.92 Å². The van der Waals surface area contributed by atoms with Gasteiger partial charge in [0.05, 0.1) is 25.7 Å². The molecular weight excluding hydrogens is 272 g/mol. The van der Waals surface area contributed by atoms with Crippen LogP contribution in [0.2, 0.25) is 0 Å². The fourth-order valence-electron chi connectivity index (χ4n) is 1.84. The van der Waals surface area contributed by atoms with E-state index >= 15 is 0 Å². The summed E-state index contributed by atoms with van der Waals surface area (Å²) in [5.74, 6) is -0.241. The molecule has 0 aromatic carbocycles. The van der Waals surface area contributed by atoms with E-state index in [-0.39, 0.29) is 11.5 Å². The molecule has 1 rings (SSSR count). The third-order valence-corrected chi connectivity index (χ3v) is 2.81. The van der Waals surface area contributed by atoms with Crippen LogP contribution < -0.4 is 5.56 Å². The van der Waals surface area contributed by atoms with Gasteiger partial charge in [-0.25, -0.2) is 9.48 Å². The first kappa shape index (κ1) is 16.9. The molecule has 0 aliphatic heterocycles. The first-order chi connectivity index (χ1) is 9.99. The summed E-state index contributed by atoms with van der Waals surface area (Å²) in [7, 11) is 1.31. The van der Waals surface area contributed by atoms with Gasteiger partial charge in [0.25, 0.3) is 5.56 Å². The van der Waals surface area contributed by atoms with Gasteiger partial charge in [0, 0.05) is 12.1 Å². The molecule has 0 amide bonds. The van der Waals surface area contributed by atoms with Crippen molar-refractivity contribution < 1.29 is 14.3 Å². The first-order valence-corrected chi connectivity index (χ1v) is 6.95. The summed E-state index contributed by atoms with van der Waals surface area (Å²) in [6.45, 7) is 6.36. The minimum Gasteiger partial charge on any atom is -0.501 e. The molecule has 21 heavy (non-hydrogen) atoms. The topological polar surface area (TPSA) is 70.4 Å². The van der Waals surface area contributed by atoms with Crippen LogP contribution in [0.5, 0.6) is 0 Å². The fraction of sp³-hybridized carbons (Fsp3) is 0.533. The molecule has 0 aliphatic rings. The highest BCUT2D eigenvalue weighted by molar-refractivity contribution is 5.73. The number of carbonyl (C=O) groups is 1. The number of esters is 1. The van der Waals surface area contributed by atoms with Gasteiger partial charge in [0.15, 0.2) is 6.04 Å². The van der Waals surface area contributed by atoms with Crippen molar-refractivity contribution in [2.45, 2.75) is 33.2 Å². The Morgan fingerprint density at radius 3 is 2.71 bits per heavy atom. The van der Waals surface area contributed by atoms with Crippen molar-refractivity contribution in [1.29, 1.82) is 0 Å². The predicted octanol–water partition coefficient (Wildman–Crippen LogP) is 2.01. The maximum Gasteiger partial charge on any atom is 0.330 e.